The third-order valence-electron chi connectivity index (χ3n) is 3.02. The molecule has 1 fully saturated rings. The van der Waals surface area contributed by atoms with Crippen molar-refractivity contribution in [1.29, 1.82) is 0 Å². The highest BCUT2D eigenvalue weighted by atomic mass is 16.5. The number of hydrogen-bond acceptors (Lipinski definition) is 3. The highest BCUT2D eigenvalue weighted by molar-refractivity contribution is 5.94. The molecule has 1 saturated heterocycles. The van der Waals surface area contributed by atoms with Gasteiger partial charge in [-0.2, -0.15) is 0 Å². The van der Waals surface area contributed by atoms with E-state index in [9.17, 15) is 4.79 Å². The quantitative estimate of drug-likeness (QED) is 0.789. The molecule has 4 nitrogen and oxygen atoms in total. The number of amides is 1. The number of anilines is 1. The van der Waals surface area contributed by atoms with Crippen molar-refractivity contribution in [3.05, 3.63) is 29.8 Å². The Bertz CT molecular complexity index is 496. The lowest BCUT2D eigenvalue weighted by atomic mass is 10.0. The lowest BCUT2D eigenvalue weighted by molar-refractivity contribution is -0.123. The Morgan fingerprint density at radius 1 is 1.47 bits per heavy atom. The van der Waals surface area contributed by atoms with Gasteiger partial charge < -0.3 is 15.2 Å². The van der Waals surface area contributed by atoms with Crippen LogP contribution in [0.1, 0.15) is 18.4 Å². The Morgan fingerprint density at radius 2 is 2.32 bits per heavy atom. The monoisotopic (exact) mass is 259 g/mol. The second-order valence-corrected chi connectivity index (χ2v) is 4.41. The molecule has 0 aromatic heterocycles. The van der Waals surface area contributed by atoms with Crippen LogP contribution in [-0.2, 0) is 9.53 Å². The molecule has 0 aliphatic carbocycles. The molecular weight excluding hydrogens is 242 g/mol. The number of para-hydroxylation sites is 1. The van der Waals surface area contributed by atoms with Crippen molar-refractivity contribution < 1.29 is 14.6 Å². The van der Waals surface area contributed by atoms with Gasteiger partial charge in [0.25, 0.3) is 0 Å². The normalized spacial score (nSPS) is 18.3. The van der Waals surface area contributed by atoms with Gasteiger partial charge in [-0.25, -0.2) is 0 Å². The summed E-state index contributed by atoms with van der Waals surface area (Å²) in [6.45, 7) is 1.03. The van der Waals surface area contributed by atoms with E-state index in [4.69, 9.17) is 9.84 Å². The van der Waals surface area contributed by atoms with Crippen LogP contribution >= 0.6 is 0 Å². The predicted octanol–water partition coefficient (Wildman–Crippen LogP) is 1.40. The fourth-order valence-corrected chi connectivity index (χ4v) is 2.02. The number of carbonyl (C=O) groups excluding carboxylic acids is 1. The molecule has 19 heavy (non-hydrogen) atoms. The van der Waals surface area contributed by atoms with Gasteiger partial charge in [0, 0.05) is 12.2 Å². The molecule has 0 radical (unpaired) electrons. The molecule has 1 aromatic rings. The summed E-state index contributed by atoms with van der Waals surface area (Å²) in [6.07, 6.45) is 1.78. The highest BCUT2D eigenvalue weighted by Gasteiger charge is 2.22. The van der Waals surface area contributed by atoms with Gasteiger partial charge in [-0.1, -0.05) is 24.0 Å². The molecule has 2 rings (SSSR count). The summed E-state index contributed by atoms with van der Waals surface area (Å²) in [7, 11) is 0. The fraction of sp³-hybridized carbons (Fsp3) is 0.400. The number of nitrogens with one attached hydrogen (secondary N) is 1. The summed E-state index contributed by atoms with van der Waals surface area (Å²) in [4.78, 5) is 12.1. The van der Waals surface area contributed by atoms with Crippen LogP contribution in [0.25, 0.3) is 0 Å². The minimum Gasteiger partial charge on any atom is -0.384 e. The van der Waals surface area contributed by atoms with E-state index >= 15 is 0 Å². The molecule has 1 atom stereocenters. The number of hydrogen-bond donors (Lipinski definition) is 2. The van der Waals surface area contributed by atoms with E-state index in [1.807, 2.05) is 24.3 Å². The van der Waals surface area contributed by atoms with Crippen LogP contribution in [0.3, 0.4) is 0 Å². The molecule has 4 heteroatoms. The van der Waals surface area contributed by atoms with Crippen LogP contribution in [0, 0.1) is 17.8 Å². The molecule has 1 amide bonds. The minimum atomic E-state index is -0.196. The molecule has 1 aliphatic heterocycles. The van der Waals surface area contributed by atoms with Crippen molar-refractivity contribution in [1.82, 2.24) is 0 Å². The Labute approximate surface area is 112 Å². The smallest absolute Gasteiger partial charge is 0.229 e. The van der Waals surface area contributed by atoms with E-state index in [1.165, 1.54) is 0 Å². The molecule has 1 aromatic carbocycles. The zero-order valence-corrected chi connectivity index (χ0v) is 10.7. The molecule has 100 valence electrons. The van der Waals surface area contributed by atoms with Gasteiger partial charge in [0.2, 0.25) is 5.91 Å². The van der Waals surface area contributed by atoms with Gasteiger partial charge in [0.1, 0.15) is 6.61 Å². The Balaban J connectivity index is 2.07. The number of aliphatic hydroxyl groups is 1. The average Bonchev–Trinajstić information content (AvgIpc) is 2.47. The zero-order chi connectivity index (χ0) is 13.5. The van der Waals surface area contributed by atoms with Crippen LogP contribution in [0.4, 0.5) is 5.69 Å². The molecule has 0 saturated carbocycles. The van der Waals surface area contributed by atoms with Gasteiger partial charge >= 0.3 is 0 Å². The number of aliphatic hydroxyl groups excluding tert-OH is 1. The first-order chi connectivity index (χ1) is 9.31. The lowest BCUT2D eigenvalue weighted by Crippen LogP contribution is -2.30. The first-order valence-electron chi connectivity index (χ1n) is 6.38. The van der Waals surface area contributed by atoms with Gasteiger partial charge in [-0.3, -0.25) is 4.79 Å². The molecule has 0 bridgehead atoms. The van der Waals surface area contributed by atoms with Crippen LogP contribution in [0.15, 0.2) is 24.3 Å². The summed E-state index contributed by atoms with van der Waals surface area (Å²) in [6, 6.07) is 7.32. The lowest BCUT2D eigenvalue weighted by Gasteiger charge is -2.21. The van der Waals surface area contributed by atoms with E-state index in [0.29, 0.717) is 17.9 Å². The van der Waals surface area contributed by atoms with Gasteiger partial charge in [-0.15, -0.1) is 0 Å². The third-order valence-corrected chi connectivity index (χ3v) is 3.02. The molecule has 2 N–H and O–H groups in total. The summed E-state index contributed by atoms with van der Waals surface area (Å²) in [5.41, 5.74) is 1.39. The number of ether oxygens (including phenoxy) is 1. The number of carbonyl (C=O) groups is 1. The first-order valence-corrected chi connectivity index (χ1v) is 6.38. The van der Waals surface area contributed by atoms with Crippen molar-refractivity contribution >= 4 is 11.6 Å². The predicted molar refractivity (Wildman–Crippen MR) is 72.6 cm³/mol. The van der Waals surface area contributed by atoms with E-state index < -0.39 is 0 Å². The highest BCUT2D eigenvalue weighted by Crippen LogP contribution is 2.18. The summed E-state index contributed by atoms with van der Waals surface area (Å²) in [5, 5.41) is 11.6. The van der Waals surface area contributed by atoms with Crippen LogP contribution in [0.5, 0.6) is 0 Å². The molecule has 1 heterocycles. The maximum Gasteiger partial charge on any atom is 0.229 e. The van der Waals surface area contributed by atoms with Crippen LogP contribution in [0.2, 0.25) is 0 Å². The van der Waals surface area contributed by atoms with Gasteiger partial charge in [-0.05, 0) is 25.0 Å². The van der Waals surface area contributed by atoms with E-state index in [2.05, 4.69) is 17.2 Å². The van der Waals surface area contributed by atoms with Crippen molar-refractivity contribution in [3.8, 4) is 11.8 Å². The molecule has 1 aliphatic rings. The SMILES string of the molecule is O=C(Nc1ccccc1C#CCO)C1CCCOC1. The first kappa shape index (κ1) is 13.6. The van der Waals surface area contributed by atoms with E-state index in [1.54, 1.807) is 0 Å². The standard InChI is InChI=1S/C15H17NO3/c17-9-3-6-12-5-1-2-8-14(12)16-15(18)13-7-4-10-19-11-13/h1-2,5,8,13,17H,4,7,9-11H2,(H,16,18). The van der Waals surface area contributed by atoms with Crippen molar-refractivity contribution in [3.63, 3.8) is 0 Å². The number of benzene rings is 1. The Morgan fingerprint density at radius 3 is 3.05 bits per heavy atom. The fourth-order valence-electron chi connectivity index (χ4n) is 2.02. The summed E-state index contributed by atoms with van der Waals surface area (Å²) < 4.78 is 5.31. The minimum absolute atomic E-state index is 0.0297. The largest absolute Gasteiger partial charge is 0.384 e. The number of rotatable bonds is 2. The summed E-state index contributed by atoms with van der Waals surface area (Å²) >= 11 is 0. The van der Waals surface area contributed by atoms with E-state index in [-0.39, 0.29) is 18.4 Å². The van der Waals surface area contributed by atoms with E-state index in [0.717, 1.165) is 19.4 Å². The Hall–Kier alpha value is -1.83. The zero-order valence-electron chi connectivity index (χ0n) is 10.7. The maximum absolute atomic E-state index is 12.1. The van der Waals surface area contributed by atoms with Gasteiger partial charge in [0.05, 0.1) is 18.2 Å². The molecular formula is C15H17NO3. The average molecular weight is 259 g/mol. The second-order valence-electron chi connectivity index (χ2n) is 4.41. The second kappa shape index (κ2) is 6.93. The van der Waals surface area contributed by atoms with Crippen molar-refractivity contribution in [2.75, 3.05) is 25.1 Å². The van der Waals surface area contributed by atoms with Crippen LogP contribution in [-0.4, -0.2) is 30.8 Å². The Kier molecular flexibility index (Phi) is 4.96. The van der Waals surface area contributed by atoms with Gasteiger partial charge in [0.15, 0.2) is 0 Å². The maximum atomic E-state index is 12.1. The van der Waals surface area contributed by atoms with Crippen molar-refractivity contribution in [2.24, 2.45) is 5.92 Å². The van der Waals surface area contributed by atoms with Crippen LogP contribution < -0.4 is 5.32 Å². The topological polar surface area (TPSA) is 58.6 Å². The van der Waals surface area contributed by atoms with Crippen molar-refractivity contribution in [2.45, 2.75) is 12.8 Å². The molecule has 0 spiro atoms. The molecule has 1 unspecified atom stereocenters. The third kappa shape index (κ3) is 3.82. The summed E-state index contributed by atoms with van der Waals surface area (Å²) in [5.74, 6) is 5.29.